The third kappa shape index (κ3) is 3.34. The van der Waals surface area contributed by atoms with Crippen LogP contribution in [0.3, 0.4) is 0 Å². The molecule has 0 saturated heterocycles. The molecule has 1 aliphatic heterocycles. The number of rotatable bonds is 6. The van der Waals surface area contributed by atoms with Gasteiger partial charge in [0, 0.05) is 18.0 Å². The van der Waals surface area contributed by atoms with Crippen molar-refractivity contribution in [3.63, 3.8) is 0 Å². The van der Waals surface area contributed by atoms with Crippen molar-refractivity contribution in [1.82, 2.24) is 5.32 Å². The summed E-state index contributed by atoms with van der Waals surface area (Å²) in [6.45, 7) is 6.81. The van der Waals surface area contributed by atoms with E-state index in [9.17, 15) is 0 Å². The highest BCUT2D eigenvalue weighted by atomic mass is 16.5. The van der Waals surface area contributed by atoms with E-state index in [1.54, 1.807) is 7.11 Å². The lowest BCUT2D eigenvalue weighted by Gasteiger charge is -2.43. The van der Waals surface area contributed by atoms with Crippen LogP contribution in [-0.2, 0) is 0 Å². The minimum atomic E-state index is -0.0509. The van der Waals surface area contributed by atoms with Gasteiger partial charge in [-0.25, -0.2) is 0 Å². The molecule has 0 radical (unpaired) electrons. The Morgan fingerprint density at radius 3 is 2.76 bits per heavy atom. The van der Waals surface area contributed by atoms with E-state index in [2.05, 4.69) is 38.2 Å². The first-order valence-corrected chi connectivity index (χ1v) is 8.11. The Morgan fingerprint density at radius 1 is 1.43 bits per heavy atom. The lowest BCUT2D eigenvalue weighted by molar-refractivity contribution is 0.00644. The smallest absolute Gasteiger partial charge is 0.125 e. The van der Waals surface area contributed by atoms with Gasteiger partial charge in [0.2, 0.25) is 0 Å². The van der Waals surface area contributed by atoms with Gasteiger partial charge in [0.15, 0.2) is 0 Å². The van der Waals surface area contributed by atoms with Crippen LogP contribution >= 0.6 is 0 Å². The Bertz CT molecular complexity index is 474. The van der Waals surface area contributed by atoms with Gasteiger partial charge in [-0.05, 0) is 44.0 Å². The van der Waals surface area contributed by atoms with Crippen LogP contribution in [0.2, 0.25) is 0 Å². The maximum atomic E-state index is 6.48. The van der Waals surface area contributed by atoms with Gasteiger partial charge in [0.1, 0.15) is 17.1 Å². The normalized spacial score (nSPS) is 25.9. The van der Waals surface area contributed by atoms with E-state index in [4.69, 9.17) is 9.47 Å². The van der Waals surface area contributed by atoms with Crippen LogP contribution in [0.1, 0.15) is 58.1 Å². The number of methoxy groups -OCH3 is 1. The predicted molar refractivity (Wildman–Crippen MR) is 87.1 cm³/mol. The average molecular weight is 291 g/mol. The van der Waals surface area contributed by atoms with Crippen molar-refractivity contribution in [2.45, 2.75) is 58.1 Å². The summed E-state index contributed by atoms with van der Waals surface area (Å²) >= 11 is 0. The third-order valence-corrected chi connectivity index (χ3v) is 4.91. The van der Waals surface area contributed by atoms with Crippen LogP contribution in [0.15, 0.2) is 18.2 Å². The molecule has 1 heterocycles. The number of fused-ring (bicyclic) bond motifs is 1. The van der Waals surface area contributed by atoms with Gasteiger partial charge >= 0.3 is 0 Å². The molecule has 0 saturated carbocycles. The molecule has 1 N–H and O–H groups in total. The summed E-state index contributed by atoms with van der Waals surface area (Å²) in [5.74, 6) is 2.58. The van der Waals surface area contributed by atoms with Gasteiger partial charge in [-0.3, -0.25) is 0 Å². The standard InChI is InChI=1S/C18H29NO2/c1-6-13(3)11-18(7-2)12-16(19-4)15-10-14(20-5)8-9-17(15)21-18/h8-10,13,16,19H,6-7,11-12H2,1-5H3. The number of hydrogen-bond acceptors (Lipinski definition) is 3. The van der Waals surface area contributed by atoms with Gasteiger partial charge in [-0.1, -0.05) is 27.2 Å². The molecule has 3 atom stereocenters. The highest BCUT2D eigenvalue weighted by molar-refractivity contribution is 5.44. The van der Waals surface area contributed by atoms with Crippen LogP contribution in [-0.4, -0.2) is 19.8 Å². The van der Waals surface area contributed by atoms with Crippen molar-refractivity contribution in [2.75, 3.05) is 14.2 Å². The highest BCUT2D eigenvalue weighted by Crippen LogP contribution is 2.45. The van der Waals surface area contributed by atoms with Crippen LogP contribution in [0.4, 0.5) is 0 Å². The Labute approximate surface area is 129 Å². The zero-order valence-corrected chi connectivity index (χ0v) is 14.0. The molecule has 0 bridgehead atoms. The minimum Gasteiger partial charge on any atom is -0.497 e. The molecule has 0 spiro atoms. The number of nitrogens with one attached hydrogen (secondary N) is 1. The lowest BCUT2D eigenvalue weighted by atomic mass is 9.79. The molecule has 0 aromatic heterocycles. The molecule has 2 rings (SSSR count). The molecule has 1 aromatic carbocycles. The number of ether oxygens (including phenoxy) is 2. The fourth-order valence-electron chi connectivity index (χ4n) is 3.30. The third-order valence-electron chi connectivity index (χ3n) is 4.91. The van der Waals surface area contributed by atoms with Crippen LogP contribution in [0.25, 0.3) is 0 Å². The second kappa shape index (κ2) is 6.69. The van der Waals surface area contributed by atoms with E-state index < -0.39 is 0 Å². The van der Waals surface area contributed by atoms with Crippen LogP contribution < -0.4 is 14.8 Å². The summed E-state index contributed by atoms with van der Waals surface area (Å²) in [6, 6.07) is 6.46. The average Bonchev–Trinajstić information content (AvgIpc) is 2.53. The molecule has 0 amide bonds. The topological polar surface area (TPSA) is 30.5 Å². The van der Waals surface area contributed by atoms with E-state index in [-0.39, 0.29) is 5.60 Å². The first kappa shape index (κ1) is 16.2. The van der Waals surface area contributed by atoms with E-state index in [0.29, 0.717) is 12.0 Å². The zero-order chi connectivity index (χ0) is 15.5. The van der Waals surface area contributed by atoms with E-state index in [1.807, 2.05) is 13.1 Å². The van der Waals surface area contributed by atoms with Gasteiger partial charge in [-0.2, -0.15) is 0 Å². The largest absolute Gasteiger partial charge is 0.497 e. The first-order valence-electron chi connectivity index (χ1n) is 8.11. The summed E-state index contributed by atoms with van der Waals surface area (Å²) in [6.07, 6.45) is 4.37. The van der Waals surface area contributed by atoms with Gasteiger partial charge in [0.25, 0.3) is 0 Å². The summed E-state index contributed by atoms with van der Waals surface area (Å²) in [5.41, 5.74) is 1.16. The van der Waals surface area contributed by atoms with Gasteiger partial charge in [0.05, 0.1) is 7.11 Å². The summed E-state index contributed by atoms with van der Waals surface area (Å²) in [4.78, 5) is 0. The Morgan fingerprint density at radius 2 is 2.19 bits per heavy atom. The molecule has 118 valence electrons. The maximum absolute atomic E-state index is 6.48. The molecule has 3 nitrogen and oxygen atoms in total. The van der Waals surface area contributed by atoms with E-state index >= 15 is 0 Å². The van der Waals surface area contributed by atoms with Crippen molar-refractivity contribution in [2.24, 2.45) is 5.92 Å². The van der Waals surface area contributed by atoms with Crippen LogP contribution in [0, 0.1) is 5.92 Å². The molecule has 1 aliphatic rings. The summed E-state index contributed by atoms with van der Waals surface area (Å²) < 4.78 is 11.8. The lowest BCUT2D eigenvalue weighted by Crippen LogP contribution is -2.44. The Hall–Kier alpha value is -1.22. The molecule has 1 aromatic rings. The predicted octanol–water partition coefficient (Wildman–Crippen LogP) is 4.32. The second-order valence-corrected chi connectivity index (χ2v) is 6.31. The number of hydrogen-bond donors (Lipinski definition) is 1. The van der Waals surface area contributed by atoms with Crippen molar-refractivity contribution < 1.29 is 9.47 Å². The van der Waals surface area contributed by atoms with Gasteiger partial charge < -0.3 is 14.8 Å². The quantitative estimate of drug-likeness (QED) is 0.846. The van der Waals surface area contributed by atoms with Crippen molar-refractivity contribution in [3.05, 3.63) is 23.8 Å². The van der Waals surface area contributed by atoms with Gasteiger partial charge in [-0.15, -0.1) is 0 Å². The monoisotopic (exact) mass is 291 g/mol. The first-order chi connectivity index (χ1) is 10.1. The zero-order valence-electron chi connectivity index (χ0n) is 14.0. The second-order valence-electron chi connectivity index (χ2n) is 6.31. The summed E-state index contributed by atoms with van der Waals surface area (Å²) in [5, 5.41) is 3.46. The fourth-order valence-corrected chi connectivity index (χ4v) is 3.30. The minimum absolute atomic E-state index is 0.0509. The van der Waals surface area contributed by atoms with Crippen molar-refractivity contribution in [3.8, 4) is 11.5 Å². The molecule has 21 heavy (non-hydrogen) atoms. The number of benzene rings is 1. The van der Waals surface area contributed by atoms with Crippen molar-refractivity contribution >= 4 is 0 Å². The highest BCUT2D eigenvalue weighted by Gasteiger charge is 2.40. The molecular weight excluding hydrogens is 262 g/mol. The molecule has 3 unspecified atom stereocenters. The maximum Gasteiger partial charge on any atom is 0.125 e. The summed E-state index contributed by atoms with van der Waals surface area (Å²) in [7, 11) is 3.74. The SMILES string of the molecule is CCC(C)CC1(CC)CC(NC)c2cc(OC)ccc2O1. The Kier molecular flexibility index (Phi) is 5.15. The molecule has 3 heteroatoms. The van der Waals surface area contributed by atoms with E-state index in [1.165, 1.54) is 12.0 Å². The molecular formula is C18H29NO2. The fraction of sp³-hybridized carbons (Fsp3) is 0.667. The van der Waals surface area contributed by atoms with Crippen LogP contribution in [0.5, 0.6) is 11.5 Å². The molecule has 0 fully saturated rings. The molecule has 0 aliphatic carbocycles. The Balaban J connectivity index is 2.34. The van der Waals surface area contributed by atoms with Crippen molar-refractivity contribution in [1.29, 1.82) is 0 Å². The van der Waals surface area contributed by atoms with E-state index in [0.717, 1.165) is 30.8 Å².